The zero-order valence-corrected chi connectivity index (χ0v) is 34.8. The van der Waals surface area contributed by atoms with Crippen molar-refractivity contribution < 1.29 is 9.15 Å². The molecule has 0 fully saturated rings. The van der Waals surface area contributed by atoms with E-state index in [4.69, 9.17) is 19.1 Å². The molecule has 0 spiro atoms. The molecule has 0 saturated heterocycles. The van der Waals surface area contributed by atoms with Gasteiger partial charge in [-0.25, -0.2) is 4.98 Å². The lowest BCUT2D eigenvalue weighted by atomic mass is 9.73. The summed E-state index contributed by atoms with van der Waals surface area (Å²) in [5.41, 5.74) is 12.3. The summed E-state index contributed by atoms with van der Waals surface area (Å²) in [5.74, 6) is 3.12. The number of hydrogen-bond acceptors (Lipinski definition) is 5. The van der Waals surface area contributed by atoms with Gasteiger partial charge < -0.3 is 9.15 Å². The van der Waals surface area contributed by atoms with Gasteiger partial charge in [0, 0.05) is 51.5 Å². The van der Waals surface area contributed by atoms with Gasteiger partial charge in [0.15, 0.2) is 0 Å². The second-order valence-electron chi connectivity index (χ2n) is 17.5. The highest BCUT2D eigenvalue weighted by Crippen LogP contribution is 2.56. The van der Waals surface area contributed by atoms with Crippen LogP contribution in [0.5, 0.6) is 11.5 Å². The third-order valence-corrected chi connectivity index (χ3v) is 12.3. The minimum absolute atomic E-state index is 0.0112. The maximum Gasteiger partial charge on any atom is 0.209 e. The molecule has 0 aliphatic carbocycles. The SMILES string of the molecule is CC(C)(C)c1ccc(-n2c3ccccc3c3ccc(Oc4cccc(-c5nccc6oc7c(c56)C(C)(C)c5ccccc5N7c5cccc(-c6ccccc6)c5)c4)cc32)nc1. The molecule has 11 rings (SSSR count). The van der Waals surface area contributed by atoms with Crippen molar-refractivity contribution in [3.05, 3.63) is 193 Å². The fourth-order valence-corrected chi connectivity index (χ4v) is 9.21. The van der Waals surface area contributed by atoms with E-state index in [1.54, 1.807) is 0 Å². The lowest BCUT2D eigenvalue weighted by Crippen LogP contribution is -2.29. The largest absolute Gasteiger partial charge is 0.457 e. The summed E-state index contributed by atoms with van der Waals surface area (Å²) in [6.07, 6.45) is 3.84. The number of para-hydroxylation sites is 2. The molecule has 0 saturated carbocycles. The summed E-state index contributed by atoms with van der Waals surface area (Å²) in [6, 6.07) is 57.2. The van der Waals surface area contributed by atoms with Gasteiger partial charge in [0.05, 0.1) is 27.8 Å². The molecule has 0 amide bonds. The molecule has 0 bridgehead atoms. The van der Waals surface area contributed by atoms with Crippen LogP contribution in [-0.2, 0) is 10.8 Å². The Morgan fingerprint density at radius 3 is 2.18 bits per heavy atom. The van der Waals surface area contributed by atoms with Crippen LogP contribution in [0.1, 0.15) is 51.3 Å². The number of fused-ring (bicyclic) bond motifs is 7. The molecule has 5 heterocycles. The molecule has 0 unspecified atom stereocenters. The highest BCUT2D eigenvalue weighted by Gasteiger charge is 2.42. The number of hydrogen-bond donors (Lipinski definition) is 0. The lowest BCUT2D eigenvalue weighted by Gasteiger charge is -2.39. The van der Waals surface area contributed by atoms with Crippen molar-refractivity contribution in [2.45, 2.75) is 45.4 Å². The van der Waals surface area contributed by atoms with E-state index in [1.807, 2.05) is 30.6 Å². The van der Waals surface area contributed by atoms with E-state index in [-0.39, 0.29) is 5.41 Å². The Labute approximate surface area is 355 Å². The Hall–Kier alpha value is -7.44. The van der Waals surface area contributed by atoms with E-state index in [1.165, 1.54) is 22.1 Å². The number of pyridine rings is 2. The Balaban J connectivity index is 1.01. The molecule has 1 aliphatic rings. The number of furan rings is 1. The molecule has 10 aromatic rings. The van der Waals surface area contributed by atoms with E-state index in [0.717, 1.165) is 78.6 Å². The van der Waals surface area contributed by atoms with Crippen molar-refractivity contribution in [3.8, 4) is 39.7 Å². The van der Waals surface area contributed by atoms with Crippen LogP contribution in [-0.4, -0.2) is 14.5 Å². The summed E-state index contributed by atoms with van der Waals surface area (Å²) >= 11 is 0. The Bertz CT molecular complexity index is 3300. The second-order valence-corrected chi connectivity index (χ2v) is 17.5. The maximum atomic E-state index is 6.97. The zero-order valence-electron chi connectivity index (χ0n) is 34.8. The molecule has 0 N–H and O–H groups in total. The van der Waals surface area contributed by atoms with E-state index in [0.29, 0.717) is 5.75 Å². The molecule has 4 aromatic heterocycles. The number of rotatable bonds is 6. The average molecular weight is 793 g/mol. The Morgan fingerprint density at radius 1 is 0.607 bits per heavy atom. The number of benzene rings is 6. The average Bonchev–Trinajstić information content (AvgIpc) is 3.83. The van der Waals surface area contributed by atoms with Crippen LogP contribution in [0.15, 0.2) is 181 Å². The van der Waals surface area contributed by atoms with Crippen molar-refractivity contribution >= 4 is 50.0 Å². The number of anilines is 3. The van der Waals surface area contributed by atoms with Gasteiger partial charge in [0.1, 0.15) is 22.9 Å². The van der Waals surface area contributed by atoms with Crippen LogP contribution in [0.4, 0.5) is 17.3 Å². The fourth-order valence-electron chi connectivity index (χ4n) is 9.21. The first-order valence-corrected chi connectivity index (χ1v) is 20.9. The van der Waals surface area contributed by atoms with Crippen molar-refractivity contribution in [3.63, 3.8) is 0 Å². The van der Waals surface area contributed by atoms with Gasteiger partial charge in [-0.2, -0.15) is 0 Å². The van der Waals surface area contributed by atoms with Crippen LogP contribution in [0.3, 0.4) is 0 Å². The van der Waals surface area contributed by atoms with Crippen LogP contribution >= 0.6 is 0 Å². The Morgan fingerprint density at radius 2 is 1.34 bits per heavy atom. The molecule has 6 heteroatoms. The van der Waals surface area contributed by atoms with Crippen molar-refractivity contribution in [2.75, 3.05) is 4.90 Å². The van der Waals surface area contributed by atoms with E-state index in [9.17, 15) is 0 Å². The molecule has 6 aromatic carbocycles. The highest BCUT2D eigenvalue weighted by molar-refractivity contribution is 6.09. The molecule has 1 aliphatic heterocycles. The van der Waals surface area contributed by atoms with E-state index in [2.05, 4.69) is 190 Å². The van der Waals surface area contributed by atoms with Gasteiger partial charge in [0.25, 0.3) is 0 Å². The summed E-state index contributed by atoms with van der Waals surface area (Å²) in [4.78, 5) is 12.3. The van der Waals surface area contributed by atoms with Crippen LogP contribution in [0.25, 0.3) is 61.0 Å². The number of nitrogens with zero attached hydrogens (tertiary/aromatic N) is 4. The van der Waals surface area contributed by atoms with Crippen molar-refractivity contribution in [2.24, 2.45) is 0 Å². The summed E-state index contributed by atoms with van der Waals surface area (Å²) in [6.45, 7) is 11.2. The normalized spacial score (nSPS) is 13.4. The highest BCUT2D eigenvalue weighted by atomic mass is 16.5. The predicted octanol–water partition coefficient (Wildman–Crippen LogP) is 14.9. The van der Waals surface area contributed by atoms with Gasteiger partial charge in [-0.3, -0.25) is 14.5 Å². The van der Waals surface area contributed by atoms with Crippen LogP contribution < -0.4 is 9.64 Å². The maximum absolute atomic E-state index is 6.97. The van der Waals surface area contributed by atoms with Gasteiger partial charge in [-0.15, -0.1) is 0 Å². The topological polar surface area (TPSA) is 56.3 Å². The zero-order chi connectivity index (χ0) is 41.5. The summed E-state index contributed by atoms with van der Waals surface area (Å²) in [7, 11) is 0. The quantitative estimate of drug-likeness (QED) is 0.168. The molecule has 61 heavy (non-hydrogen) atoms. The van der Waals surface area contributed by atoms with Gasteiger partial charge in [-0.05, 0) is 88.3 Å². The Kier molecular flexibility index (Phi) is 8.30. The van der Waals surface area contributed by atoms with Gasteiger partial charge in [-0.1, -0.05) is 132 Å². The summed E-state index contributed by atoms with van der Waals surface area (Å²) < 4.78 is 15.9. The molecule has 0 atom stereocenters. The van der Waals surface area contributed by atoms with Crippen molar-refractivity contribution in [1.82, 2.24) is 14.5 Å². The predicted molar refractivity (Wildman–Crippen MR) is 249 cm³/mol. The van der Waals surface area contributed by atoms with Gasteiger partial charge >= 0.3 is 0 Å². The van der Waals surface area contributed by atoms with Crippen molar-refractivity contribution in [1.29, 1.82) is 0 Å². The molecule has 296 valence electrons. The molecule has 0 radical (unpaired) electrons. The van der Waals surface area contributed by atoms with E-state index >= 15 is 0 Å². The van der Waals surface area contributed by atoms with E-state index < -0.39 is 5.41 Å². The second kappa shape index (κ2) is 13.8. The number of aromatic nitrogens is 3. The smallest absolute Gasteiger partial charge is 0.209 e. The number of ether oxygens (including phenoxy) is 1. The molecule has 6 nitrogen and oxygen atoms in total. The first kappa shape index (κ1) is 36.6. The monoisotopic (exact) mass is 792 g/mol. The first-order chi connectivity index (χ1) is 29.6. The minimum Gasteiger partial charge on any atom is -0.457 e. The first-order valence-electron chi connectivity index (χ1n) is 20.9. The fraction of sp³-hybridized carbons (Fsp3) is 0.127. The standard InChI is InChI=1S/C55H44N4O2/c1-54(2,3)38-25-28-49(57-34-38)59-45-23-11-9-21-42(45)43-27-26-41(33-47(43)59)60-40-20-14-18-37(32-40)52-50-48(29-30-56-52)61-53-51(50)55(4,5)44-22-10-12-24-46(44)58(53)39-19-13-17-36(31-39)35-15-7-6-8-16-35/h6-34H,1-5H3. The summed E-state index contributed by atoms with van der Waals surface area (Å²) in [5, 5.41) is 3.31. The third kappa shape index (κ3) is 6.01. The third-order valence-electron chi connectivity index (χ3n) is 12.3. The lowest BCUT2D eigenvalue weighted by molar-refractivity contribution is 0.483. The van der Waals surface area contributed by atoms with Crippen LogP contribution in [0.2, 0.25) is 0 Å². The van der Waals surface area contributed by atoms with Crippen LogP contribution in [0, 0.1) is 0 Å². The van der Waals surface area contributed by atoms with Gasteiger partial charge in [0.2, 0.25) is 5.88 Å². The molecular weight excluding hydrogens is 749 g/mol. The molecular formula is C55H44N4O2. The minimum atomic E-state index is -0.396.